The fourth-order valence-electron chi connectivity index (χ4n) is 5.08. The van der Waals surface area contributed by atoms with Gasteiger partial charge in [-0.3, -0.25) is 13.9 Å². The van der Waals surface area contributed by atoms with E-state index in [1.165, 1.54) is 29.2 Å². The molecule has 0 radical (unpaired) electrons. The Morgan fingerprint density at radius 3 is 2.14 bits per heavy atom. The third kappa shape index (κ3) is 9.77. The zero-order valence-corrected chi connectivity index (χ0v) is 29.4. The smallest absolute Gasteiger partial charge is 0.352 e. The Hall–Kier alpha value is -4.06. The lowest BCUT2D eigenvalue weighted by Gasteiger charge is -2.34. The van der Waals surface area contributed by atoms with Gasteiger partial charge in [0.1, 0.15) is 12.6 Å². The number of alkyl halides is 3. The van der Waals surface area contributed by atoms with Gasteiger partial charge in [-0.25, -0.2) is 8.42 Å². The van der Waals surface area contributed by atoms with Gasteiger partial charge >= 0.3 is 6.18 Å². The van der Waals surface area contributed by atoms with Crippen molar-refractivity contribution < 1.29 is 31.2 Å². The first-order valence-corrected chi connectivity index (χ1v) is 17.6. The van der Waals surface area contributed by atoms with Crippen molar-refractivity contribution in [1.29, 1.82) is 0 Å². The highest BCUT2D eigenvalue weighted by molar-refractivity contribution is 7.92. The van der Waals surface area contributed by atoms with E-state index in [1.807, 2.05) is 19.9 Å². The largest absolute Gasteiger partial charge is 0.417 e. The number of rotatable bonds is 13. The molecule has 13 heteroatoms. The number of halogens is 5. The molecule has 4 rings (SSSR count). The van der Waals surface area contributed by atoms with Crippen molar-refractivity contribution in [2.24, 2.45) is 0 Å². The van der Waals surface area contributed by atoms with E-state index in [0.29, 0.717) is 27.4 Å². The molecular weight excluding hydrogens is 698 g/mol. The number of anilines is 1. The van der Waals surface area contributed by atoms with Crippen LogP contribution in [0.5, 0.6) is 0 Å². The molecule has 4 aromatic carbocycles. The number of sulfonamides is 1. The normalized spacial score (nSPS) is 13.0. The molecule has 0 fully saturated rings. The van der Waals surface area contributed by atoms with Crippen molar-refractivity contribution in [2.45, 2.75) is 63.3 Å². The standard InChI is InChI=1S/C36H36Cl2F3N3O4S/c1-4-25(3)42-35(46)33(20-26-9-6-5-7-10-26)43(22-27-11-8-12-28(37)19-27)34(45)23-44(49(47,48)30-16-13-24(2)14-17-30)29-15-18-32(38)31(21-29)36(39,40)41/h5-19,21,25,33H,4,20,22-23H2,1-3H3,(H,42,46). The molecule has 49 heavy (non-hydrogen) atoms. The minimum absolute atomic E-state index is 0.0687. The summed E-state index contributed by atoms with van der Waals surface area (Å²) in [6, 6.07) is 22.6. The van der Waals surface area contributed by atoms with Gasteiger partial charge in [-0.1, -0.05) is 90.3 Å². The summed E-state index contributed by atoms with van der Waals surface area (Å²) in [5.74, 6) is -1.31. The Morgan fingerprint density at radius 1 is 0.878 bits per heavy atom. The van der Waals surface area contributed by atoms with Crippen molar-refractivity contribution in [3.8, 4) is 0 Å². The number of benzene rings is 4. The maximum Gasteiger partial charge on any atom is 0.417 e. The number of hydrogen-bond acceptors (Lipinski definition) is 4. The van der Waals surface area contributed by atoms with Crippen molar-refractivity contribution >= 4 is 50.7 Å². The third-order valence-electron chi connectivity index (χ3n) is 7.95. The van der Waals surface area contributed by atoms with Gasteiger partial charge in [-0.05, 0) is 73.9 Å². The highest BCUT2D eigenvalue weighted by atomic mass is 35.5. The predicted molar refractivity (Wildman–Crippen MR) is 186 cm³/mol. The van der Waals surface area contributed by atoms with Crippen LogP contribution in [-0.4, -0.2) is 43.8 Å². The van der Waals surface area contributed by atoms with Crippen LogP contribution in [0, 0.1) is 6.92 Å². The maximum atomic E-state index is 14.5. The summed E-state index contributed by atoms with van der Waals surface area (Å²) >= 11 is 12.1. The molecule has 2 unspecified atom stereocenters. The van der Waals surface area contributed by atoms with Gasteiger partial charge in [-0.15, -0.1) is 0 Å². The fraction of sp³-hybridized carbons (Fsp3) is 0.278. The summed E-state index contributed by atoms with van der Waals surface area (Å²) in [5, 5.41) is 2.67. The van der Waals surface area contributed by atoms with Crippen LogP contribution >= 0.6 is 23.2 Å². The second-order valence-corrected chi connectivity index (χ2v) is 14.4. The molecule has 0 bridgehead atoms. The van der Waals surface area contributed by atoms with Gasteiger partial charge in [0, 0.05) is 24.0 Å². The Balaban J connectivity index is 1.87. The van der Waals surface area contributed by atoms with Gasteiger partial charge in [0.2, 0.25) is 11.8 Å². The average molecular weight is 735 g/mol. The molecule has 0 saturated heterocycles. The molecule has 7 nitrogen and oxygen atoms in total. The predicted octanol–water partition coefficient (Wildman–Crippen LogP) is 8.07. The number of amides is 2. The van der Waals surface area contributed by atoms with Gasteiger partial charge in [-0.2, -0.15) is 13.2 Å². The highest BCUT2D eigenvalue weighted by Crippen LogP contribution is 2.38. The first kappa shape index (κ1) is 37.8. The number of carbonyl (C=O) groups excluding carboxylic acids is 2. The molecule has 0 aliphatic rings. The lowest BCUT2D eigenvalue weighted by molar-refractivity contribution is -0.140. The van der Waals surface area contributed by atoms with Crippen LogP contribution in [0.3, 0.4) is 0 Å². The summed E-state index contributed by atoms with van der Waals surface area (Å²) < 4.78 is 70.9. The van der Waals surface area contributed by atoms with Crippen molar-refractivity contribution in [1.82, 2.24) is 10.2 Å². The molecule has 4 aromatic rings. The zero-order valence-electron chi connectivity index (χ0n) is 27.0. The second kappa shape index (κ2) is 16.1. The van der Waals surface area contributed by atoms with Crippen LogP contribution in [-0.2, 0) is 38.8 Å². The Morgan fingerprint density at radius 2 is 1.53 bits per heavy atom. The monoisotopic (exact) mass is 733 g/mol. The maximum absolute atomic E-state index is 14.5. The summed E-state index contributed by atoms with van der Waals surface area (Å²) in [5.41, 5.74) is 0.323. The van der Waals surface area contributed by atoms with E-state index in [2.05, 4.69) is 5.32 Å². The van der Waals surface area contributed by atoms with Gasteiger partial charge < -0.3 is 10.2 Å². The molecule has 260 valence electrons. The van der Waals surface area contributed by atoms with E-state index in [-0.39, 0.29) is 23.9 Å². The minimum Gasteiger partial charge on any atom is -0.352 e. The fourth-order valence-corrected chi connectivity index (χ4v) is 6.92. The van der Waals surface area contributed by atoms with Crippen LogP contribution in [0.2, 0.25) is 10.0 Å². The highest BCUT2D eigenvalue weighted by Gasteiger charge is 2.38. The lowest BCUT2D eigenvalue weighted by atomic mass is 10.0. The molecule has 0 saturated carbocycles. The van der Waals surface area contributed by atoms with E-state index in [1.54, 1.807) is 55.5 Å². The number of nitrogens with one attached hydrogen (secondary N) is 1. The van der Waals surface area contributed by atoms with Crippen LogP contribution < -0.4 is 9.62 Å². The zero-order chi connectivity index (χ0) is 35.9. The summed E-state index contributed by atoms with van der Waals surface area (Å²) in [6.45, 7) is 4.36. The average Bonchev–Trinajstić information content (AvgIpc) is 3.05. The number of hydrogen-bond donors (Lipinski definition) is 1. The Labute approximate surface area is 294 Å². The molecule has 1 N–H and O–H groups in total. The van der Waals surface area contributed by atoms with Gasteiger partial charge in [0.05, 0.1) is 21.2 Å². The Kier molecular flexibility index (Phi) is 12.4. The van der Waals surface area contributed by atoms with E-state index in [4.69, 9.17) is 23.2 Å². The van der Waals surface area contributed by atoms with E-state index in [0.717, 1.165) is 23.3 Å². The van der Waals surface area contributed by atoms with Crippen molar-refractivity contribution in [3.05, 3.63) is 129 Å². The molecule has 2 amide bonds. The van der Waals surface area contributed by atoms with E-state index < -0.39 is 56.9 Å². The molecule has 0 aliphatic carbocycles. The van der Waals surface area contributed by atoms with Crippen LogP contribution in [0.1, 0.15) is 42.5 Å². The van der Waals surface area contributed by atoms with Crippen LogP contribution in [0.25, 0.3) is 0 Å². The molecule has 2 atom stereocenters. The Bertz CT molecular complexity index is 1870. The molecule has 0 aromatic heterocycles. The van der Waals surface area contributed by atoms with Crippen LogP contribution in [0.4, 0.5) is 18.9 Å². The minimum atomic E-state index is -4.91. The summed E-state index contributed by atoms with van der Waals surface area (Å²) in [4.78, 5) is 29.5. The first-order valence-electron chi connectivity index (χ1n) is 15.4. The number of aryl methyl sites for hydroxylation is 1. The van der Waals surface area contributed by atoms with Gasteiger partial charge in [0.25, 0.3) is 10.0 Å². The van der Waals surface area contributed by atoms with Crippen molar-refractivity contribution in [2.75, 3.05) is 10.8 Å². The third-order valence-corrected chi connectivity index (χ3v) is 10.3. The van der Waals surface area contributed by atoms with E-state index in [9.17, 15) is 31.2 Å². The number of nitrogens with zero attached hydrogens (tertiary/aromatic N) is 2. The molecular formula is C36H36Cl2F3N3O4S. The quantitative estimate of drug-likeness (QED) is 0.151. The lowest BCUT2D eigenvalue weighted by Crippen LogP contribution is -2.54. The van der Waals surface area contributed by atoms with Gasteiger partial charge in [0.15, 0.2) is 0 Å². The second-order valence-electron chi connectivity index (χ2n) is 11.7. The van der Waals surface area contributed by atoms with E-state index >= 15 is 0 Å². The number of carbonyl (C=O) groups is 2. The molecule has 0 aliphatic heterocycles. The SMILES string of the molecule is CCC(C)NC(=O)C(Cc1ccccc1)N(Cc1cccc(Cl)c1)C(=O)CN(c1ccc(Cl)c(C(F)(F)F)c1)S(=O)(=O)c1ccc(C)cc1. The molecule has 0 spiro atoms. The first-order chi connectivity index (χ1) is 23.1. The van der Waals surface area contributed by atoms with Crippen LogP contribution in [0.15, 0.2) is 102 Å². The molecule has 0 heterocycles. The van der Waals surface area contributed by atoms with Crippen molar-refractivity contribution in [3.63, 3.8) is 0 Å². The summed E-state index contributed by atoms with van der Waals surface area (Å²) in [6.07, 6.45) is -4.24. The topological polar surface area (TPSA) is 86.8 Å². The summed E-state index contributed by atoms with van der Waals surface area (Å²) in [7, 11) is -4.63.